The zero-order valence-corrected chi connectivity index (χ0v) is 17.4. The van der Waals surface area contributed by atoms with Crippen LogP contribution in [0.25, 0.3) is 10.2 Å². The van der Waals surface area contributed by atoms with Crippen LogP contribution in [0.1, 0.15) is 0 Å². The molecule has 0 aliphatic heterocycles. The Hall–Kier alpha value is -1.96. The van der Waals surface area contributed by atoms with E-state index in [4.69, 9.17) is 21.1 Å². The van der Waals surface area contributed by atoms with Gasteiger partial charge < -0.3 is 14.0 Å². The van der Waals surface area contributed by atoms with Crippen LogP contribution in [0, 0.1) is 0 Å². The quantitative estimate of drug-likeness (QED) is 0.571. The van der Waals surface area contributed by atoms with E-state index in [1.807, 2.05) is 18.2 Å². The summed E-state index contributed by atoms with van der Waals surface area (Å²) in [6.07, 6.45) is 2.05. The van der Waals surface area contributed by atoms with Gasteiger partial charge in [-0.2, -0.15) is 16.8 Å². The first kappa shape index (κ1) is 19.8. The Morgan fingerprint density at radius 1 is 1.22 bits per heavy atom. The fourth-order valence-electron chi connectivity index (χ4n) is 2.47. The van der Waals surface area contributed by atoms with Crippen LogP contribution in [0.2, 0.25) is 5.02 Å². The summed E-state index contributed by atoms with van der Waals surface area (Å²) in [7, 11) is 1.64. The van der Waals surface area contributed by atoms with Crippen molar-refractivity contribution in [3.05, 3.63) is 52.3 Å². The number of fused-ring (bicyclic) bond motifs is 1. The Bertz CT molecular complexity index is 996. The van der Waals surface area contributed by atoms with E-state index < -0.39 is 0 Å². The minimum absolute atomic E-state index is 0.123. The number of nitrogens with zero attached hydrogens (tertiary/aromatic N) is 2. The number of benzene rings is 2. The summed E-state index contributed by atoms with van der Waals surface area (Å²) < 4.78 is 13.9. The number of thioether (sulfide) groups is 1. The molecule has 2 aromatic carbocycles. The lowest BCUT2D eigenvalue weighted by molar-refractivity contribution is -0.120. The maximum Gasteiger partial charge on any atom is 0.286 e. The van der Waals surface area contributed by atoms with Gasteiger partial charge in [0.1, 0.15) is 11.5 Å². The van der Waals surface area contributed by atoms with Crippen LogP contribution in [-0.2, 0) is 11.3 Å². The van der Waals surface area contributed by atoms with Gasteiger partial charge in [-0.15, -0.1) is 0 Å². The number of ether oxygens (including phenoxy) is 2. The predicted octanol–water partition coefficient (Wildman–Crippen LogP) is 4.23. The van der Waals surface area contributed by atoms with Gasteiger partial charge in [-0.3, -0.25) is 4.79 Å². The number of hydrogen-bond donors (Lipinski definition) is 0. The standard InChI is InChI=1S/C19H19ClN2O3S2/c1-24-15-7-8-17-16(11-15)22(9-10-26-2)19(27-17)21-18(23)12-25-14-5-3-13(20)4-6-14/h3-8,11H,9-10,12H2,1-2H3. The first-order chi connectivity index (χ1) is 13.1. The van der Waals surface area contributed by atoms with E-state index in [9.17, 15) is 4.79 Å². The van der Waals surface area contributed by atoms with Crippen molar-refractivity contribution < 1.29 is 14.3 Å². The van der Waals surface area contributed by atoms with E-state index in [1.54, 1.807) is 43.1 Å². The Morgan fingerprint density at radius 2 is 1.96 bits per heavy atom. The number of halogens is 1. The largest absolute Gasteiger partial charge is 0.497 e. The van der Waals surface area contributed by atoms with Crippen molar-refractivity contribution in [2.24, 2.45) is 4.99 Å². The molecule has 142 valence electrons. The van der Waals surface area contributed by atoms with Gasteiger partial charge in [0, 0.05) is 23.4 Å². The smallest absolute Gasteiger partial charge is 0.286 e. The first-order valence-electron chi connectivity index (χ1n) is 8.23. The van der Waals surface area contributed by atoms with Gasteiger partial charge in [0.15, 0.2) is 11.4 Å². The maximum atomic E-state index is 12.3. The molecule has 0 unspecified atom stereocenters. The third-order valence-corrected chi connectivity index (χ3v) is 5.71. The zero-order valence-electron chi connectivity index (χ0n) is 15.0. The number of rotatable bonds is 7. The van der Waals surface area contributed by atoms with Crippen LogP contribution in [0.3, 0.4) is 0 Å². The molecule has 5 nitrogen and oxygen atoms in total. The molecule has 0 aliphatic rings. The highest BCUT2D eigenvalue weighted by Crippen LogP contribution is 2.23. The second kappa shape index (κ2) is 9.30. The Balaban J connectivity index is 1.86. The minimum atomic E-state index is -0.332. The molecular formula is C19H19ClN2O3S2. The molecule has 0 atom stereocenters. The molecule has 27 heavy (non-hydrogen) atoms. The van der Waals surface area contributed by atoms with Crippen LogP contribution >= 0.6 is 34.7 Å². The fourth-order valence-corrected chi connectivity index (χ4v) is 4.02. The molecule has 0 fully saturated rings. The number of thiazole rings is 1. The van der Waals surface area contributed by atoms with Crippen molar-refractivity contribution in [1.82, 2.24) is 4.57 Å². The molecule has 0 spiro atoms. The van der Waals surface area contributed by atoms with Gasteiger partial charge in [0.25, 0.3) is 5.91 Å². The lowest BCUT2D eigenvalue weighted by Gasteiger charge is -2.05. The third kappa shape index (κ3) is 5.06. The Labute approximate surface area is 170 Å². The van der Waals surface area contributed by atoms with Crippen molar-refractivity contribution >= 4 is 50.8 Å². The molecule has 0 saturated carbocycles. The van der Waals surface area contributed by atoms with E-state index in [2.05, 4.69) is 15.8 Å². The number of aromatic nitrogens is 1. The molecule has 0 N–H and O–H groups in total. The van der Waals surface area contributed by atoms with Gasteiger partial charge in [-0.1, -0.05) is 22.9 Å². The maximum absolute atomic E-state index is 12.3. The van der Waals surface area contributed by atoms with Crippen molar-refractivity contribution in [3.8, 4) is 11.5 Å². The second-order valence-electron chi connectivity index (χ2n) is 5.61. The average molecular weight is 423 g/mol. The van der Waals surface area contributed by atoms with Crippen LogP contribution in [0.15, 0.2) is 47.5 Å². The second-order valence-corrected chi connectivity index (χ2v) is 8.04. The lowest BCUT2D eigenvalue weighted by Crippen LogP contribution is -2.20. The molecule has 1 amide bonds. The third-order valence-electron chi connectivity index (χ3n) is 3.80. The molecule has 3 rings (SSSR count). The number of carbonyl (C=O) groups excluding carboxylic acids is 1. The van der Waals surface area contributed by atoms with Crippen LogP contribution < -0.4 is 14.3 Å². The van der Waals surface area contributed by atoms with Crippen molar-refractivity contribution in [2.45, 2.75) is 6.54 Å². The number of methoxy groups -OCH3 is 1. The monoisotopic (exact) mass is 422 g/mol. The number of aryl methyl sites for hydroxylation is 1. The Kier molecular flexibility index (Phi) is 6.82. The van der Waals surface area contributed by atoms with Crippen molar-refractivity contribution in [3.63, 3.8) is 0 Å². The van der Waals surface area contributed by atoms with Gasteiger partial charge in [0.05, 0.1) is 17.3 Å². The highest BCUT2D eigenvalue weighted by atomic mass is 35.5. The predicted molar refractivity (Wildman–Crippen MR) is 112 cm³/mol. The molecule has 3 aromatic rings. The Morgan fingerprint density at radius 3 is 2.67 bits per heavy atom. The summed E-state index contributed by atoms with van der Waals surface area (Å²) in [6, 6.07) is 12.7. The molecule has 1 aromatic heterocycles. The van der Waals surface area contributed by atoms with Crippen LogP contribution in [-0.4, -0.2) is 36.2 Å². The van der Waals surface area contributed by atoms with Gasteiger partial charge in [-0.25, -0.2) is 0 Å². The zero-order chi connectivity index (χ0) is 19.2. The van der Waals surface area contributed by atoms with E-state index in [1.165, 1.54) is 11.3 Å². The fraction of sp³-hybridized carbons (Fsp3) is 0.263. The summed E-state index contributed by atoms with van der Waals surface area (Å²) in [5.74, 6) is 1.95. The minimum Gasteiger partial charge on any atom is -0.497 e. The molecule has 8 heteroatoms. The topological polar surface area (TPSA) is 52.8 Å². The molecule has 1 heterocycles. The number of carbonyl (C=O) groups is 1. The average Bonchev–Trinajstić information content (AvgIpc) is 3.01. The highest BCUT2D eigenvalue weighted by molar-refractivity contribution is 7.98. The van der Waals surface area contributed by atoms with Crippen LogP contribution in [0.4, 0.5) is 0 Å². The summed E-state index contributed by atoms with van der Waals surface area (Å²) in [4.78, 5) is 17.3. The summed E-state index contributed by atoms with van der Waals surface area (Å²) in [6.45, 7) is 0.639. The van der Waals surface area contributed by atoms with Crippen molar-refractivity contribution in [2.75, 3.05) is 25.7 Å². The summed E-state index contributed by atoms with van der Waals surface area (Å²) >= 11 is 9.08. The summed E-state index contributed by atoms with van der Waals surface area (Å²) in [5.41, 5.74) is 1.01. The van der Waals surface area contributed by atoms with Crippen molar-refractivity contribution in [1.29, 1.82) is 0 Å². The highest BCUT2D eigenvalue weighted by Gasteiger charge is 2.09. The SMILES string of the molecule is COc1ccc2sc(=NC(=O)COc3ccc(Cl)cc3)n(CCSC)c2c1. The lowest BCUT2D eigenvalue weighted by atomic mass is 10.3. The number of amides is 1. The molecular weight excluding hydrogens is 404 g/mol. The normalized spacial score (nSPS) is 11.7. The van der Waals surface area contributed by atoms with E-state index >= 15 is 0 Å². The van der Waals surface area contributed by atoms with E-state index in [0.717, 1.165) is 28.3 Å². The molecule has 0 bridgehead atoms. The van der Waals surface area contributed by atoms with Gasteiger partial charge >= 0.3 is 0 Å². The van der Waals surface area contributed by atoms with E-state index in [0.29, 0.717) is 15.6 Å². The molecule has 0 radical (unpaired) electrons. The van der Waals surface area contributed by atoms with Gasteiger partial charge in [0.2, 0.25) is 0 Å². The van der Waals surface area contributed by atoms with Crippen LogP contribution in [0.5, 0.6) is 11.5 Å². The number of hydrogen-bond acceptors (Lipinski definition) is 5. The first-order valence-corrected chi connectivity index (χ1v) is 10.8. The van der Waals surface area contributed by atoms with Gasteiger partial charge in [-0.05, 0) is 42.7 Å². The molecule has 0 saturated heterocycles. The summed E-state index contributed by atoms with van der Waals surface area (Å²) in [5, 5.41) is 0.619. The van der Waals surface area contributed by atoms with E-state index in [-0.39, 0.29) is 12.5 Å². The molecule has 0 aliphatic carbocycles.